The molecule has 2 fully saturated rings. The zero-order chi connectivity index (χ0) is 13.2. The summed E-state index contributed by atoms with van der Waals surface area (Å²) >= 11 is 0. The van der Waals surface area contributed by atoms with Gasteiger partial charge in [0.2, 0.25) is 0 Å². The maximum absolute atomic E-state index is 10.2. The quantitative estimate of drug-likeness (QED) is 0.770. The minimum Gasteiger partial charge on any atom is -0.390 e. The Kier molecular flexibility index (Phi) is 4.61. The molecule has 0 atom stereocenters. The molecule has 17 heavy (non-hydrogen) atoms. The lowest BCUT2D eigenvalue weighted by atomic mass is 9.64. The molecule has 3 heteroatoms. The first-order valence-electron chi connectivity index (χ1n) is 6.87. The Morgan fingerprint density at radius 3 is 1.71 bits per heavy atom. The van der Waals surface area contributed by atoms with E-state index < -0.39 is 5.60 Å². The summed E-state index contributed by atoms with van der Waals surface area (Å²) in [4.78, 5) is 0. The first kappa shape index (κ1) is 14.9. The van der Waals surface area contributed by atoms with Gasteiger partial charge in [-0.3, -0.25) is 0 Å². The van der Waals surface area contributed by atoms with Crippen LogP contribution in [0.1, 0.15) is 60.3 Å². The van der Waals surface area contributed by atoms with E-state index in [0.717, 1.165) is 38.9 Å². The molecule has 3 nitrogen and oxygen atoms in total. The van der Waals surface area contributed by atoms with Crippen molar-refractivity contribution in [2.45, 2.75) is 71.7 Å². The van der Waals surface area contributed by atoms with Gasteiger partial charge >= 0.3 is 0 Å². The summed E-state index contributed by atoms with van der Waals surface area (Å²) < 4.78 is 11.4. The molecule has 2 aliphatic rings. The van der Waals surface area contributed by atoms with Crippen molar-refractivity contribution in [3.63, 3.8) is 0 Å². The second kappa shape index (κ2) is 5.25. The predicted octanol–water partition coefficient (Wildman–Crippen LogP) is 3.11. The van der Waals surface area contributed by atoms with Gasteiger partial charge in [0, 0.05) is 12.8 Å². The van der Waals surface area contributed by atoms with Crippen LogP contribution >= 0.6 is 0 Å². The molecule has 102 valence electrons. The van der Waals surface area contributed by atoms with Crippen molar-refractivity contribution in [1.29, 1.82) is 0 Å². The van der Waals surface area contributed by atoms with Crippen LogP contribution < -0.4 is 0 Å². The second-order valence-corrected chi connectivity index (χ2v) is 5.73. The Bertz CT molecular complexity index is 226. The van der Waals surface area contributed by atoms with Gasteiger partial charge in [-0.15, -0.1) is 0 Å². The van der Waals surface area contributed by atoms with Crippen molar-refractivity contribution in [3.8, 4) is 0 Å². The van der Waals surface area contributed by atoms with Gasteiger partial charge < -0.3 is 14.6 Å². The summed E-state index contributed by atoms with van der Waals surface area (Å²) in [5, 5.41) is 10.2. The standard InChI is InChI=1S/C12H22O3.C2H6/c1-10(2,13)11(3)4-6-12(7-5-11)14-8-9-15-12;1-2/h13H,4-9H2,1-3H3;1-2H3. The Balaban J connectivity index is 0.000000686. The molecule has 1 saturated carbocycles. The van der Waals surface area contributed by atoms with Crippen LogP contribution in [-0.4, -0.2) is 29.7 Å². The summed E-state index contributed by atoms with van der Waals surface area (Å²) in [5.74, 6) is -0.315. The van der Waals surface area contributed by atoms with Crippen molar-refractivity contribution >= 4 is 0 Å². The summed E-state index contributed by atoms with van der Waals surface area (Å²) in [6, 6.07) is 0. The van der Waals surface area contributed by atoms with Gasteiger partial charge in [-0.1, -0.05) is 20.8 Å². The third-order valence-electron chi connectivity index (χ3n) is 4.41. The maximum Gasteiger partial charge on any atom is 0.168 e. The van der Waals surface area contributed by atoms with Crippen LogP contribution in [0, 0.1) is 5.41 Å². The Hall–Kier alpha value is -0.120. The van der Waals surface area contributed by atoms with Crippen molar-refractivity contribution < 1.29 is 14.6 Å². The number of hydrogen-bond acceptors (Lipinski definition) is 3. The molecule has 0 aromatic carbocycles. The van der Waals surface area contributed by atoms with E-state index in [9.17, 15) is 5.11 Å². The maximum atomic E-state index is 10.2. The highest BCUT2D eigenvalue weighted by Gasteiger charge is 2.49. The molecule has 1 aliphatic heterocycles. The molecule has 0 amide bonds. The topological polar surface area (TPSA) is 38.7 Å². The fourth-order valence-electron chi connectivity index (χ4n) is 2.58. The monoisotopic (exact) mass is 244 g/mol. The van der Waals surface area contributed by atoms with Crippen LogP contribution in [0.5, 0.6) is 0 Å². The van der Waals surface area contributed by atoms with Gasteiger partial charge in [0.1, 0.15) is 0 Å². The van der Waals surface area contributed by atoms with Crippen LogP contribution in [0.3, 0.4) is 0 Å². The molecule has 1 spiro atoms. The van der Waals surface area contributed by atoms with Crippen LogP contribution in [0.15, 0.2) is 0 Å². The van der Waals surface area contributed by atoms with Gasteiger partial charge in [0.05, 0.1) is 18.8 Å². The average Bonchev–Trinajstić information content (AvgIpc) is 2.73. The highest BCUT2D eigenvalue weighted by atomic mass is 16.7. The van der Waals surface area contributed by atoms with Gasteiger partial charge in [-0.25, -0.2) is 0 Å². The van der Waals surface area contributed by atoms with Crippen molar-refractivity contribution in [2.75, 3.05) is 13.2 Å². The molecule has 0 unspecified atom stereocenters. The zero-order valence-corrected chi connectivity index (χ0v) is 12.0. The summed E-state index contributed by atoms with van der Waals surface area (Å²) in [5.41, 5.74) is -0.624. The number of hydrogen-bond donors (Lipinski definition) is 1. The lowest BCUT2D eigenvalue weighted by Crippen LogP contribution is -2.48. The summed E-state index contributed by atoms with van der Waals surface area (Å²) in [7, 11) is 0. The predicted molar refractivity (Wildman–Crippen MR) is 68.9 cm³/mol. The third kappa shape index (κ3) is 3.01. The number of aliphatic hydroxyl groups is 1. The van der Waals surface area contributed by atoms with Gasteiger partial charge in [0.25, 0.3) is 0 Å². The Morgan fingerprint density at radius 1 is 0.941 bits per heavy atom. The Morgan fingerprint density at radius 2 is 1.35 bits per heavy atom. The molecule has 0 aromatic rings. The molecule has 1 heterocycles. The molecule has 1 saturated heterocycles. The van der Waals surface area contributed by atoms with Crippen LogP contribution in [-0.2, 0) is 9.47 Å². The minimum atomic E-state index is -0.618. The van der Waals surface area contributed by atoms with E-state index in [1.165, 1.54) is 0 Å². The molecule has 1 aliphatic carbocycles. The van der Waals surface area contributed by atoms with E-state index in [0.29, 0.717) is 0 Å². The van der Waals surface area contributed by atoms with E-state index in [2.05, 4.69) is 6.92 Å². The normalized spacial score (nSPS) is 26.5. The third-order valence-corrected chi connectivity index (χ3v) is 4.41. The van der Waals surface area contributed by atoms with Crippen LogP contribution in [0.4, 0.5) is 0 Å². The highest BCUT2D eigenvalue weighted by molar-refractivity contribution is 4.96. The average molecular weight is 244 g/mol. The molecule has 2 rings (SSSR count). The summed E-state index contributed by atoms with van der Waals surface area (Å²) in [6.45, 7) is 11.4. The van der Waals surface area contributed by atoms with Crippen molar-refractivity contribution in [3.05, 3.63) is 0 Å². The lowest BCUT2D eigenvalue weighted by Gasteiger charge is -2.47. The molecular formula is C14H28O3. The Labute approximate surface area is 105 Å². The van der Waals surface area contributed by atoms with Gasteiger partial charge in [-0.05, 0) is 32.1 Å². The molecule has 0 radical (unpaired) electrons. The van der Waals surface area contributed by atoms with Crippen LogP contribution in [0.25, 0.3) is 0 Å². The fraction of sp³-hybridized carbons (Fsp3) is 1.00. The second-order valence-electron chi connectivity index (χ2n) is 5.73. The first-order chi connectivity index (χ1) is 7.87. The highest BCUT2D eigenvalue weighted by Crippen LogP contribution is 2.49. The lowest BCUT2D eigenvalue weighted by molar-refractivity contribution is -0.207. The first-order valence-corrected chi connectivity index (χ1v) is 6.87. The van der Waals surface area contributed by atoms with Crippen molar-refractivity contribution in [1.82, 2.24) is 0 Å². The smallest absolute Gasteiger partial charge is 0.168 e. The molecule has 0 bridgehead atoms. The van der Waals surface area contributed by atoms with E-state index >= 15 is 0 Å². The molecular weight excluding hydrogens is 216 g/mol. The fourth-order valence-corrected chi connectivity index (χ4v) is 2.58. The molecule has 0 aromatic heterocycles. The largest absolute Gasteiger partial charge is 0.390 e. The van der Waals surface area contributed by atoms with E-state index in [1.54, 1.807) is 0 Å². The zero-order valence-electron chi connectivity index (χ0n) is 12.0. The van der Waals surface area contributed by atoms with E-state index in [1.807, 2.05) is 27.7 Å². The van der Waals surface area contributed by atoms with E-state index in [-0.39, 0.29) is 11.2 Å². The minimum absolute atomic E-state index is 0.00639. The van der Waals surface area contributed by atoms with E-state index in [4.69, 9.17) is 9.47 Å². The van der Waals surface area contributed by atoms with Crippen molar-refractivity contribution in [2.24, 2.45) is 5.41 Å². The summed E-state index contributed by atoms with van der Waals surface area (Å²) in [6.07, 6.45) is 3.76. The van der Waals surface area contributed by atoms with Gasteiger partial charge in [-0.2, -0.15) is 0 Å². The molecule has 1 N–H and O–H groups in total. The number of ether oxygens (including phenoxy) is 2. The number of rotatable bonds is 1. The van der Waals surface area contributed by atoms with Gasteiger partial charge in [0.15, 0.2) is 5.79 Å². The SMILES string of the molecule is CC.CC(C)(O)C1(C)CCC2(CC1)OCCO2. The van der Waals surface area contributed by atoms with Crippen LogP contribution in [0.2, 0.25) is 0 Å².